The standard InChI is InChI=1S/C25H36N4O3/c1-3-19(2)16-26-22(30)17-28-18-29(21-10-5-4-6-11-21)25(24(28)32)12-14-27(15-13-25)23(31)20-8-7-9-20/h4-6,10-11,19-20H,3,7-9,12-18H2,1-2H3,(H,26,30). The molecule has 2 aliphatic heterocycles. The van der Waals surface area contributed by atoms with Crippen LogP contribution in [0.2, 0.25) is 0 Å². The highest BCUT2D eigenvalue weighted by Crippen LogP contribution is 2.40. The summed E-state index contributed by atoms with van der Waals surface area (Å²) < 4.78 is 0. The van der Waals surface area contributed by atoms with Gasteiger partial charge in [-0.15, -0.1) is 0 Å². The Kier molecular flexibility index (Phi) is 6.72. The molecule has 1 aliphatic carbocycles. The van der Waals surface area contributed by atoms with Gasteiger partial charge >= 0.3 is 0 Å². The van der Waals surface area contributed by atoms with Crippen molar-refractivity contribution in [3.05, 3.63) is 30.3 Å². The maximum atomic E-state index is 13.7. The Balaban J connectivity index is 1.48. The summed E-state index contributed by atoms with van der Waals surface area (Å²) in [6.45, 7) is 6.50. The van der Waals surface area contributed by atoms with Crippen LogP contribution in [0.5, 0.6) is 0 Å². The number of benzene rings is 1. The minimum absolute atomic E-state index is 0.00999. The molecule has 1 N–H and O–H groups in total. The smallest absolute Gasteiger partial charge is 0.250 e. The number of likely N-dealkylation sites (tertiary alicyclic amines) is 1. The van der Waals surface area contributed by atoms with Gasteiger partial charge in [0.1, 0.15) is 12.1 Å². The predicted molar refractivity (Wildman–Crippen MR) is 124 cm³/mol. The van der Waals surface area contributed by atoms with E-state index in [1.54, 1.807) is 4.90 Å². The number of rotatable bonds is 7. The third-order valence-electron chi connectivity index (χ3n) is 7.62. The molecule has 1 saturated carbocycles. The zero-order valence-electron chi connectivity index (χ0n) is 19.4. The first kappa shape index (κ1) is 22.6. The van der Waals surface area contributed by atoms with Gasteiger partial charge in [0, 0.05) is 31.2 Å². The summed E-state index contributed by atoms with van der Waals surface area (Å²) in [6.07, 6.45) is 5.34. The third kappa shape index (κ3) is 4.34. The molecule has 1 spiro atoms. The van der Waals surface area contributed by atoms with Crippen molar-refractivity contribution in [1.82, 2.24) is 15.1 Å². The van der Waals surface area contributed by atoms with Crippen LogP contribution in [0.15, 0.2) is 30.3 Å². The number of carbonyl (C=O) groups excluding carboxylic acids is 3. The van der Waals surface area contributed by atoms with Crippen LogP contribution in [-0.4, -0.2) is 65.9 Å². The first-order valence-electron chi connectivity index (χ1n) is 12.1. The van der Waals surface area contributed by atoms with Gasteiger partial charge < -0.3 is 20.0 Å². The van der Waals surface area contributed by atoms with Gasteiger partial charge in [-0.25, -0.2) is 0 Å². The second-order valence-electron chi connectivity index (χ2n) is 9.71. The third-order valence-corrected chi connectivity index (χ3v) is 7.62. The molecule has 32 heavy (non-hydrogen) atoms. The van der Waals surface area contributed by atoms with Crippen molar-refractivity contribution in [3.8, 4) is 0 Å². The van der Waals surface area contributed by atoms with E-state index in [-0.39, 0.29) is 30.2 Å². The van der Waals surface area contributed by atoms with Gasteiger partial charge in [0.25, 0.3) is 5.91 Å². The molecule has 7 nitrogen and oxygen atoms in total. The molecule has 3 aliphatic rings. The first-order chi connectivity index (χ1) is 15.4. The number of piperidine rings is 1. The van der Waals surface area contributed by atoms with Crippen molar-refractivity contribution in [2.45, 2.75) is 57.9 Å². The molecule has 3 amide bonds. The van der Waals surface area contributed by atoms with Crippen molar-refractivity contribution in [1.29, 1.82) is 0 Å². The van der Waals surface area contributed by atoms with Gasteiger partial charge in [0.15, 0.2) is 0 Å². The average molecular weight is 441 g/mol. The van der Waals surface area contributed by atoms with E-state index in [9.17, 15) is 14.4 Å². The summed E-state index contributed by atoms with van der Waals surface area (Å²) in [5.74, 6) is 0.748. The van der Waals surface area contributed by atoms with Crippen molar-refractivity contribution >= 4 is 23.4 Å². The highest BCUT2D eigenvalue weighted by molar-refractivity contribution is 5.96. The summed E-state index contributed by atoms with van der Waals surface area (Å²) in [7, 11) is 0. The molecule has 2 saturated heterocycles. The largest absolute Gasteiger partial charge is 0.354 e. The summed E-state index contributed by atoms with van der Waals surface area (Å²) in [5.41, 5.74) is 0.302. The molecule has 4 rings (SSSR count). The second-order valence-corrected chi connectivity index (χ2v) is 9.71. The van der Waals surface area contributed by atoms with E-state index < -0.39 is 5.54 Å². The Morgan fingerprint density at radius 1 is 1.16 bits per heavy atom. The van der Waals surface area contributed by atoms with E-state index in [2.05, 4.69) is 24.1 Å². The van der Waals surface area contributed by atoms with Crippen LogP contribution >= 0.6 is 0 Å². The molecule has 0 radical (unpaired) electrons. The van der Waals surface area contributed by atoms with Gasteiger partial charge in [-0.2, -0.15) is 0 Å². The van der Waals surface area contributed by atoms with Crippen molar-refractivity contribution in [2.24, 2.45) is 11.8 Å². The van der Waals surface area contributed by atoms with E-state index in [1.165, 1.54) is 0 Å². The van der Waals surface area contributed by atoms with Crippen LogP contribution in [0.1, 0.15) is 52.4 Å². The van der Waals surface area contributed by atoms with Gasteiger partial charge in [-0.1, -0.05) is 44.9 Å². The predicted octanol–water partition coefficient (Wildman–Crippen LogP) is 2.62. The summed E-state index contributed by atoms with van der Waals surface area (Å²) in [5, 5.41) is 2.97. The molecule has 7 heteroatoms. The molecule has 3 fully saturated rings. The SMILES string of the molecule is CCC(C)CNC(=O)CN1CN(c2ccccc2)C2(CCN(C(=O)C3CCC3)CC2)C1=O. The van der Waals surface area contributed by atoms with Crippen LogP contribution in [0.4, 0.5) is 5.69 Å². The molecule has 1 aromatic rings. The monoisotopic (exact) mass is 440 g/mol. The summed E-state index contributed by atoms with van der Waals surface area (Å²) in [6, 6.07) is 9.96. The summed E-state index contributed by atoms with van der Waals surface area (Å²) in [4.78, 5) is 44.8. The number of amides is 3. The van der Waals surface area contributed by atoms with E-state index in [4.69, 9.17) is 0 Å². The van der Waals surface area contributed by atoms with Crippen LogP contribution in [0.25, 0.3) is 0 Å². The lowest BCUT2D eigenvalue weighted by molar-refractivity contribution is -0.143. The zero-order valence-corrected chi connectivity index (χ0v) is 19.4. The highest BCUT2D eigenvalue weighted by atomic mass is 16.2. The van der Waals surface area contributed by atoms with Crippen LogP contribution in [0.3, 0.4) is 0 Å². The summed E-state index contributed by atoms with van der Waals surface area (Å²) >= 11 is 0. The van der Waals surface area contributed by atoms with Gasteiger partial charge in [0.2, 0.25) is 11.8 Å². The Morgan fingerprint density at radius 2 is 1.84 bits per heavy atom. The molecular formula is C25H36N4O3. The fraction of sp³-hybridized carbons (Fsp3) is 0.640. The number of para-hydroxylation sites is 1. The van der Waals surface area contributed by atoms with Crippen molar-refractivity contribution in [3.63, 3.8) is 0 Å². The second kappa shape index (κ2) is 9.51. The Labute approximate surface area is 191 Å². The molecule has 174 valence electrons. The molecule has 1 aromatic carbocycles. The normalized spacial score (nSPS) is 21.6. The van der Waals surface area contributed by atoms with Crippen molar-refractivity contribution < 1.29 is 14.4 Å². The van der Waals surface area contributed by atoms with Crippen LogP contribution < -0.4 is 10.2 Å². The van der Waals surface area contributed by atoms with Crippen molar-refractivity contribution in [2.75, 3.05) is 37.7 Å². The quantitative estimate of drug-likeness (QED) is 0.707. The zero-order chi connectivity index (χ0) is 22.7. The first-order valence-corrected chi connectivity index (χ1v) is 12.1. The minimum atomic E-state index is -0.686. The average Bonchev–Trinajstić information content (AvgIpc) is 3.03. The van der Waals surface area contributed by atoms with Crippen LogP contribution in [-0.2, 0) is 14.4 Å². The highest BCUT2D eigenvalue weighted by Gasteiger charge is 2.54. The molecular weight excluding hydrogens is 404 g/mol. The minimum Gasteiger partial charge on any atom is -0.354 e. The lowest BCUT2D eigenvalue weighted by Crippen LogP contribution is -2.58. The van der Waals surface area contributed by atoms with E-state index in [1.807, 2.05) is 35.2 Å². The number of nitrogens with one attached hydrogen (secondary N) is 1. The number of anilines is 1. The lowest BCUT2D eigenvalue weighted by Gasteiger charge is -2.44. The number of hydrogen-bond acceptors (Lipinski definition) is 4. The Hall–Kier alpha value is -2.57. The number of nitrogens with zero attached hydrogens (tertiary/aromatic N) is 3. The Bertz CT molecular complexity index is 831. The van der Waals surface area contributed by atoms with Gasteiger partial charge in [-0.3, -0.25) is 14.4 Å². The maximum Gasteiger partial charge on any atom is 0.250 e. The van der Waals surface area contributed by atoms with Crippen LogP contribution in [0, 0.1) is 11.8 Å². The number of hydrogen-bond donors (Lipinski definition) is 1. The van der Waals surface area contributed by atoms with E-state index in [0.29, 0.717) is 45.1 Å². The van der Waals surface area contributed by atoms with E-state index in [0.717, 1.165) is 31.4 Å². The Morgan fingerprint density at radius 3 is 2.44 bits per heavy atom. The molecule has 2 heterocycles. The molecule has 0 bridgehead atoms. The van der Waals surface area contributed by atoms with E-state index >= 15 is 0 Å². The topological polar surface area (TPSA) is 73.0 Å². The fourth-order valence-corrected chi connectivity index (χ4v) is 4.99. The maximum absolute atomic E-state index is 13.7. The lowest BCUT2D eigenvalue weighted by atomic mass is 9.81. The molecule has 1 atom stereocenters. The fourth-order valence-electron chi connectivity index (χ4n) is 4.99. The number of carbonyl (C=O) groups is 3. The van der Waals surface area contributed by atoms with Gasteiger partial charge in [-0.05, 0) is 43.7 Å². The molecule has 0 aromatic heterocycles. The molecule has 1 unspecified atom stereocenters. The van der Waals surface area contributed by atoms with Gasteiger partial charge in [0.05, 0.1) is 6.67 Å².